The quantitative estimate of drug-likeness (QED) is 0.428. The van der Waals surface area contributed by atoms with Gasteiger partial charge in [-0.25, -0.2) is 14.2 Å². The van der Waals surface area contributed by atoms with E-state index in [1.54, 1.807) is 6.20 Å². The van der Waals surface area contributed by atoms with E-state index in [4.69, 9.17) is 5.73 Å². The lowest BCUT2D eigenvalue weighted by Gasteiger charge is -2.35. The van der Waals surface area contributed by atoms with E-state index in [1.807, 2.05) is 44.8 Å². The molecule has 0 atom stereocenters. The Kier molecular flexibility index (Phi) is 5.66. The van der Waals surface area contributed by atoms with E-state index in [0.29, 0.717) is 68.3 Å². The van der Waals surface area contributed by atoms with Crippen molar-refractivity contribution in [1.82, 2.24) is 29.1 Å². The fraction of sp³-hybridized carbons (Fsp3) is 0.345. The molecule has 7 rings (SSSR count). The Morgan fingerprint density at radius 2 is 1.97 bits per heavy atom. The Labute approximate surface area is 224 Å². The summed E-state index contributed by atoms with van der Waals surface area (Å²) in [6, 6.07) is 8.78. The maximum Gasteiger partial charge on any atom is 0.320 e. The number of nitrogens with two attached hydrogens (primary N) is 1. The summed E-state index contributed by atoms with van der Waals surface area (Å²) in [4.78, 5) is 34.8. The number of carbonyl (C=O) groups is 2. The molecule has 0 radical (unpaired) electrons. The van der Waals surface area contributed by atoms with Gasteiger partial charge in [-0.15, -0.1) is 0 Å². The number of halogens is 1. The first-order valence-electron chi connectivity index (χ1n) is 13.5. The molecule has 3 aromatic heterocycles. The minimum absolute atomic E-state index is 0.0124. The summed E-state index contributed by atoms with van der Waals surface area (Å²) < 4.78 is 19.1. The molecule has 0 bridgehead atoms. The third-order valence-corrected chi connectivity index (χ3v) is 8.43. The van der Waals surface area contributed by atoms with E-state index < -0.39 is 0 Å². The molecular weight excluding hydrogens is 497 g/mol. The Balaban J connectivity index is 1.29. The van der Waals surface area contributed by atoms with Crippen molar-refractivity contribution in [2.45, 2.75) is 25.9 Å². The number of benzene rings is 1. The highest BCUT2D eigenvalue weighted by molar-refractivity contribution is 6.32. The Bertz CT molecular complexity index is 1660. The number of hydrogen-bond acceptors (Lipinski definition) is 4. The number of pyridine rings is 1. The maximum atomic E-state index is 15.1. The normalized spacial score (nSPS) is 18.4. The van der Waals surface area contributed by atoms with Gasteiger partial charge in [0.2, 0.25) is 0 Å². The second kappa shape index (κ2) is 9.23. The molecule has 3 amide bonds. The average Bonchev–Trinajstić information content (AvgIpc) is 3.61. The number of urea groups is 1. The van der Waals surface area contributed by atoms with Gasteiger partial charge in [-0.3, -0.25) is 9.20 Å². The van der Waals surface area contributed by atoms with Crippen molar-refractivity contribution < 1.29 is 14.0 Å². The topological polar surface area (TPSA) is 101 Å². The molecule has 39 heavy (non-hydrogen) atoms. The molecule has 1 fully saturated rings. The summed E-state index contributed by atoms with van der Waals surface area (Å²) in [7, 11) is 0. The predicted molar refractivity (Wildman–Crippen MR) is 146 cm³/mol. The number of rotatable bonds is 3. The highest BCUT2D eigenvalue weighted by atomic mass is 19.1. The van der Waals surface area contributed by atoms with Gasteiger partial charge in [-0.05, 0) is 55.1 Å². The Morgan fingerprint density at radius 1 is 1.13 bits per heavy atom. The zero-order valence-electron chi connectivity index (χ0n) is 21.6. The molecule has 0 unspecified atom stereocenters. The molecule has 3 aliphatic heterocycles. The van der Waals surface area contributed by atoms with Crippen LogP contribution in [-0.2, 0) is 17.9 Å². The number of fused-ring (bicyclic) bond motifs is 1. The molecular formula is C29H30FN7O2. The minimum Gasteiger partial charge on any atom is -0.348 e. The molecule has 1 aromatic carbocycles. The van der Waals surface area contributed by atoms with Crippen LogP contribution in [0.25, 0.3) is 27.7 Å². The number of nitrogens with one attached hydrogen (secondary N) is 1. The SMILES string of the molecule is NCC1CCN(C(=O)N2CCn3cc(C4=C(c5cnc6ccccn56)CNC4=O)c4cc(F)cc(c43)C2)CC1. The standard InChI is InChI=1S/C29H30FN7O2/c30-20-11-19-16-36(29(39)34-7-4-18(13-31)5-8-34)10-9-35-17-23(21(12-20)27(19)35)26-22(14-33-28(26)38)24-15-32-25-3-1-2-6-37(24)25/h1-3,6,11-12,15,17-18H,4-5,7-10,13-14,16,31H2,(H,33,38). The predicted octanol–water partition coefficient (Wildman–Crippen LogP) is 3.08. The highest BCUT2D eigenvalue weighted by Gasteiger charge is 2.32. The van der Waals surface area contributed by atoms with Crippen LogP contribution in [0, 0.1) is 11.7 Å². The maximum absolute atomic E-state index is 15.1. The zero-order chi connectivity index (χ0) is 26.7. The van der Waals surface area contributed by atoms with Gasteiger partial charge in [0.25, 0.3) is 5.91 Å². The van der Waals surface area contributed by atoms with Gasteiger partial charge in [0.15, 0.2) is 0 Å². The first kappa shape index (κ1) is 23.9. The van der Waals surface area contributed by atoms with Gasteiger partial charge >= 0.3 is 6.03 Å². The number of piperidine rings is 1. The van der Waals surface area contributed by atoms with E-state index >= 15 is 4.39 Å². The van der Waals surface area contributed by atoms with E-state index in [1.165, 1.54) is 12.1 Å². The second-order valence-electron chi connectivity index (χ2n) is 10.7. The smallest absolute Gasteiger partial charge is 0.320 e. The van der Waals surface area contributed by atoms with E-state index in [0.717, 1.165) is 40.8 Å². The van der Waals surface area contributed by atoms with Gasteiger partial charge in [-0.1, -0.05) is 6.07 Å². The molecule has 0 spiro atoms. The molecule has 1 saturated heterocycles. The molecule has 200 valence electrons. The highest BCUT2D eigenvalue weighted by Crippen LogP contribution is 2.38. The van der Waals surface area contributed by atoms with Crippen LogP contribution in [-0.4, -0.2) is 68.4 Å². The van der Waals surface area contributed by atoms with Crippen LogP contribution in [0.5, 0.6) is 0 Å². The molecule has 10 heteroatoms. The minimum atomic E-state index is -0.384. The molecule has 3 aliphatic rings. The fourth-order valence-electron chi connectivity index (χ4n) is 6.36. The summed E-state index contributed by atoms with van der Waals surface area (Å²) in [5.41, 5.74) is 11.1. The number of likely N-dealkylation sites (tertiary alicyclic amines) is 1. The van der Waals surface area contributed by atoms with Gasteiger partial charge < -0.3 is 25.4 Å². The first-order valence-corrected chi connectivity index (χ1v) is 13.5. The third-order valence-electron chi connectivity index (χ3n) is 8.43. The van der Waals surface area contributed by atoms with Gasteiger partial charge in [-0.2, -0.15) is 0 Å². The summed E-state index contributed by atoms with van der Waals surface area (Å²) in [5, 5.41) is 3.64. The van der Waals surface area contributed by atoms with Crippen molar-refractivity contribution in [3.8, 4) is 0 Å². The monoisotopic (exact) mass is 527 g/mol. The van der Waals surface area contributed by atoms with E-state index in [9.17, 15) is 9.59 Å². The summed E-state index contributed by atoms with van der Waals surface area (Å²) in [6.45, 7) is 3.79. The molecule has 4 aromatic rings. The summed E-state index contributed by atoms with van der Waals surface area (Å²) in [6.07, 6.45) is 7.47. The number of nitrogens with zero attached hydrogens (tertiary/aromatic N) is 5. The van der Waals surface area contributed by atoms with E-state index in [2.05, 4.69) is 14.9 Å². The Hall–Kier alpha value is -4.18. The first-order chi connectivity index (χ1) is 19.0. The van der Waals surface area contributed by atoms with Crippen LogP contribution in [0.1, 0.15) is 29.7 Å². The lowest BCUT2D eigenvalue weighted by atomic mass is 9.97. The van der Waals surface area contributed by atoms with Crippen LogP contribution in [0.4, 0.5) is 9.18 Å². The molecule has 6 heterocycles. The van der Waals surface area contributed by atoms with Crippen molar-refractivity contribution in [2.75, 3.05) is 32.7 Å². The largest absolute Gasteiger partial charge is 0.348 e. The van der Waals surface area contributed by atoms with E-state index in [-0.39, 0.29) is 17.8 Å². The molecule has 0 aliphatic carbocycles. The molecule has 0 saturated carbocycles. The Morgan fingerprint density at radius 3 is 2.79 bits per heavy atom. The van der Waals surface area contributed by atoms with Gasteiger partial charge in [0.1, 0.15) is 11.5 Å². The lowest BCUT2D eigenvalue weighted by Crippen LogP contribution is -2.47. The number of aromatic nitrogens is 3. The van der Waals surface area contributed by atoms with Crippen LogP contribution < -0.4 is 11.1 Å². The molecule has 3 N–H and O–H groups in total. The molecule has 9 nitrogen and oxygen atoms in total. The zero-order valence-corrected chi connectivity index (χ0v) is 21.6. The summed E-state index contributed by atoms with van der Waals surface area (Å²) >= 11 is 0. The number of imidazole rings is 1. The van der Waals surface area contributed by atoms with Crippen molar-refractivity contribution in [2.24, 2.45) is 11.7 Å². The van der Waals surface area contributed by atoms with Crippen LogP contribution in [0.3, 0.4) is 0 Å². The number of carbonyl (C=O) groups excluding carboxylic acids is 2. The fourth-order valence-corrected chi connectivity index (χ4v) is 6.36. The lowest BCUT2D eigenvalue weighted by molar-refractivity contribution is -0.114. The average molecular weight is 528 g/mol. The third kappa shape index (κ3) is 3.89. The summed E-state index contributed by atoms with van der Waals surface area (Å²) in [5.74, 6) is -0.104. The van der Waals surface area contributed by atoms with Crippen LogP contribution >= 0.6 is 0 Å². The van der Waals surface area contributed by atoms with Gasteiger partial charge in [0, 0.05) is 68.2 Å². The number of amides is 3. The van der Waals surface area contributed by atoms with Crippen molar-refractivity contribution in [3.63, 3.8) is 0 Å². The van der Waals surface area contributed by atoms with Gasteiger partial charge in [0.05, 0.1) is 23.0 Å². The van der Waals surface area contributed by atoms with Crippen molar-refractivity contribution in [3.05, 3.63) is 71.6 Å². The van der Waals surface area contributed by atoms with Crippen molar-refractivity contribution >= 4 is 39.6 Å². The van der Waals surface area contributed by atoms with Crippen molar-refractivity contribution in [1.29, 1.82) is 0 Å². The second-order valence-corrected chi connectivity index (χ2v) is 10.7. The van der Waals surface area contributed by atoms with Crippen LogP contribution in [0.2, 0.25) is 0 Å². The van der Waals surface area contributed by atoms with Crippen LogP contribution in [0.15, 0.2) is 48.9 Å². The number of hydrogen-bond donors (Lipinski definition) is 2.